The lowest BCUT2D eigenvalue weighted by Gasteiger charge is -2.09. The molecule has 0 unspecified atom stereocenters. The zero-order chi connectivity index (χ0) is 29.3. The minimum absolute atomic E-state index is 0.249. The first-order valence-corrected chi connectivity index (χ1v) is 11.8. The molecule has 0 saturated heterocycles. The summed E-state index contributed by atoms with van der Waals surface area (Å²) in [6.45, 7) is 0. The summed E-state index contributed by atoms with van der Waals surface area (Å²) in [5.41, 5.74) is 0. The molecule has 0 amide bonds. The van der Waals surface area contributed by atoms with Gasteiger partial charge < -0.3 is 9.47 Å². The van der Waals surface area contributed by atoms with Crippen LogP contribution in [0, 0.1) is 58.2 Å². The molecule has 0 aliphatic rings. The fraction of sp³-hybridized carbons (Fsp3) is 0.440. The third-order valence-corrected chi connectivity index (χ3v) is 5.53. The molecular formula is C25H22F10O4. The van der Waals surface area contributed by atoms with E-state index in [1.165, 1.54) is 0 Å². The number of unbranched alkanes of at least 4 members (excludes halogenated alkanes) is 8. The van der Waals surface area contributed by atoms with Crippen molar-refractivity contribution in [3.05, 3.63) is 58.2 Å². The molecule has 0 fully saturated rings. The minimum Gasteiger partial charge on any atom is -0.420 e. The van der Waals surface area contributed by atoms with Crippen molar-refractivity contribution in [3.8, 4) is 11.5 Å². The van der Waals surface area contributed by atoms with Crippen LogP contribution in [0.2, 0.25) is 0 Å². The normalized spacial score (nSPS) is 11.1. The van der Waals surface area contributed by atoms with E-state index in [-0.39, 0.29) is 25.7 Å². The summed E-state index contributed by atoms with van der Waals surface area (Å²) in [6.07, 6.45) is 4.54. The Balaban J connectivity index is 1.56. The van der Waals surface area contributed by atoms with Gasteiger partial charge in [0.1, 0.15) is 0 Å². The second-order valence-corrected chi connectivity index (χ2v) is 8.43. The molecule has 0 spiro atoms. The van der Waals surface area contributed by atoms with E-state index in [2.05, 4.69) is 9.47 Å². The highest BCUT2D eigenvalue weighted by atomic mass is 19.2. The van der Waals surface area contributed by atoms with E-state index in [0.717, 1.165) is 19.3 Å². The summed E-state index contributed by atoms with van der Waals surface area (Å²) in [5, 5.41) is 0. The Labute approximate surface area is 215 Å². The van der Waals surface area contributed by atoms with E-state index in [1.807, 2.05) is 0 Å². The van der Waals surface area contributed by atoms with Gasteiger partial charge in [-0.15, -0.1) is 0 Å². The van der Waals surface area contributed by atoms with Gasteiger partial charge in [0.15, 0.2) is 0 Å². The van der Waals surface area contributed by atoms with Crippen molar-refractivity contribution >= 4 is 11.9 Å². The van der Waals surface area contributed by atoms with E-state index in [4.69, 9.17) is 0 Å². The predicted molar refractivity (Wildman–Crippen MR) is 115 cm³/mol. The van der Waals surface area contributed by atoms with Crippen LogP contribution in [0.4, 0.5) is 43.9 Å². The van der Waals surface area contributed by atoms with Crippen LogP contribution < -0.4 is 9.47 Å². The molecule has 2 rings (SSSR count). The zero-order valence-corrected chi connectivity index (χ0v) is 20.2. The van der Waals surface area contributed by atoms with E-state index in [9.17, 15) is 53.5 Å². The minimum atomic E-state index is -2.36. The van der Waals surface area contributed by atoms with Crippen LogP contribution in [-0.2, 0) is 9.59 Å². The molecule has 0 heterocycles. The molecule has 14 heteroatoms. The highest BCUT2D eigenvalue weighted by molar-refractivity contribution is 5.73. The molecular weight excluding hydrogens is 554 g/mol. The van der Waals surface area contributed by atoms with E-state index in [0.29, 0.717) is 25.7 Å². The predicted octanol–water partition coefficient (Wildman–Crippen LogP) is 7.88. The number of carbonyl (C=O) groups is 2. The van der Waals surface area contributed by atoms with Crippen molar-refractivity contribution < 1.29 is 63.0 Å². The lowest BCUT2D eigenvalue weighted by Crippen LogP contribution is -2.13. The Bertz CT molecular complexity index is 1050. The van der Waals surface area contributed by atoms with E-state index >= 15 is 0 Å². The smallest absolute Gasteiger partial charge is 0.311 e. The zero-order valence-electron chi connectivity index (χ0n) is 20.2. The number of ether oxygens (including phenoxy) is 2. The topological polar surface area (TPSA) is 52.6 Å². The van der Waals surface area contributed by atoms with Crippen LogP contribution in [0.3, 0.4) is 0 Å². The van der Waals surface area contributed by atoms with Gasteiger partial charge in [0, 0.05) is 12.8 Å². The maximum absolute atomic E-state index is 13.5. The SMILES string of the molecule is O=C(CCCCCCCCCCCC(=O)Oc1c(F)c(F)c(F)c(F)c1F)Oc1c(F)c(F)c(F)c(F)c1F. The van der Waals surface area contributed by atoms with Gasteiger partial charge in [0.2, 0.25) is 69.7 Å². The average Bonchev–Trinajstić information content (AvgIpc) is 2.91. The summed E-state index contributed by atoms with van der Waals surface area (Å²) in [6, 6.07) is 0. The molecule has 0 N–H and O–H groups in total. The lowest BCUT2D eigenvalue weighted by molar-refractivity contribution is -0.135. The van der Waals surface area contributed by atoms with Gasteiger partial charge in [-0.1, -0.05) is 44.9 Å². The first-order valence-electron chi connectivity index (χ1n) is 11.8. The number of halogens is 10. The maximum atomic E-state index is 13.5. The van der Waals surface area contributed by atoms with E-state index in [1.54, 1.807) is 0 Å². The number of benzene rings is 2. The monoisotopic (exact) mass is 576 g/mol. The number of hydrogen-bond donors (Lipinski definition) is 0. The van der Waals surface area contributed by atoms with Crippen molar-refractivity contribution in [2.45, 2.75) is 70.6 Å². The number of rotatable bonds is 14. The van der Waals surface area contributed by atoms with Crippen LogP contribution >= 0.6 is 0 Å². The summed E-state index contributed by atoms with van der Waals surface area (Å²) < 4.78 is 141. The van der Waals surface area contributed by atoms with Gasteiger partial charge in [-0.05, 0) is 12.8 Å². The van der Waals surface area contributed by atoms with Crippen LogP contribution in [-0.4, -0.2) is 11.9 Å². The third-order valence-electron chi connectivity index (χ3n) is 5.53. The summed E-state index contributed by atoms with van der Waals surface area (Å²) in [4.78, 5) is 23.3. The van der Waals surface area contributed by atoms with Crippen molar-refractivity contribution in [2.75, 3.05) is 0 Å². The first kappa shape index (κ1) is 31.9. The van der Waals surface area contributed by atoms with Gasteiger partial charge in [0.25, 0.3) is 0 Å². The summed E-state index contributed by atoms with van der Waals surface area (Å²) >= 11 is 0. The number of hydrogen-bond acceptors (Lipinski definition) is 4. The largest absolute Gasteiger partial charge is 0.420 e. The Morgan fingerprint density at radius 2 is 0.564 bits per heavy atom. The second-order valence-electron chi connectivity index (χ2n) is 8.43. The first-order chi connectivity index (χ1) is 18.4. The average molecular weight is 576 g/mol. The molecule has 39 heavy (non-hydrogen) atoms. The fourth-order valence-corrected chi connectivity index (χ4v) is 3.45. The molecule has 2 aromatic carbocycles. The van der Waals surface area contributed by atoms with Crippen molar-refractivity contribution in [1.29, 1.82) is 0 Å². The van der Waals surface area contributed by atoms with Crippen LogP contribution in [0.25, 0.3) is 0 Å². The molecule has 2 aromatic rings. The second kappa shape index (κ2) is 14.7. The Morgan fingerprint density at radius 3 is 0.821 bits per heavy atom. The van der Waals surface area contributed by atoms with Gasteiger partial charge in [-0.2, -0.15) is 17.6 Å². The molecule has 216 valence electrons. The van der Waals surface area contributed by atoms with Crippen LogP contribution in [0.1, 0.15) is 70.6 Å². The highest BCUT2D eigenvalue weighted by Crippen LogP contribution is 2.30. The van der Waals surface area contributed by atoms with Crippen molar-refractivity contribution in [1.82, 2.24) is 0 Å². The molecule has 0 aliphatic carbocycles. The molecule has 0 saturated carbocycles. The molecule has 0 atom stereocenters. The standard InChI is InChI=1S/C25H22F10O4/c26-14-16(28)20(32)24(21(33)17(14)29)38-12(36)10-8-6-4-2-1-3-5-7-9-11-13(37)39-25-22(34)18(30)15(27)19(31)23(25)35/h1-11H2. The fourth-order valence-electron chi connectivity index (χ4n) is 3.45. The number of carbonyl (C=O) groups excluding carboxylic acids is 2. The summed E-state index contributed by atoms with van der Waals surface area (Å²) in [5.74, 6) is -28.2. The van der Waals surface area contributed by atoms with Crippen molar-refractivity contribution in [2.24, 2.45) is 0 Å². The third kappa shape index (κ3) is 8.33. The quantitative estimate of drug-likeness (QED) is 0.0574. The Hall–Kier alpha value is -3.32. The van der Waals surface area contributed by atoms with Gasteiger partial charge in [-0.25, -0.2) is 26.3 Å². The summed E-state index contributed by atoms with van der Waals surface area (Å²) in [7, 11) is 0. The molecule has 0 bridgehead atoms. The highest BCUT2D eigenvalue weighted by Gasteiger charge is 2.29. The van der Waals surface area contributed by atoms with Crippen LogP contribution in [0.15, 0.2) is 0 Å². The Kier molecular flexibility index (Phi) is 12.0. The van der Waals surface area contributed by atoms with Gasteiger partial charge >= 0.3 is 11.9 Å². The Morgan fingerprint density at radius 1 is 0.359 bits per heavy atom. The molecule has 0 radical (unpaired) electrons. The molecule has 4 nitrogen and oxygen atoms in total. The van der Waals surface area contributed by atoms with Crippen LogP contribution in [0.5, 0.6) is 11.5 Å². The number of esters is 2. The van der Waals surface area contributed by atoms with Gasteiger partial charge in [-0.3, -0.25) is 9.59 Å². The van der Waals surface area contributed by atoms with Gasteiger partial charge in [0.05, 0.1) is 0 Å². The lowest BCUT2D eigenvalue weighted by atomic mass is 10.1. The maximum Gasteiger partial charge on any atom is 0.311 e. The molecule has 0 aromatic heterocycles. The van der Waals surface area contributed by atoms with Crippen molar-refractivity contribution in [3.63, 3.8) is 0 Å². The molecule has 0 aliphatic heterocycles. The van der Waals surface area contributed by atoms with E-state index < -0.39 is 81.6 Å².